The molecule has 0 aromatic heterocycles. The van der Waals surface area contributed by atoms with Gasteiger partial charge in [0.2, 0.25) is 6.79 Å². The largest absolute Gasteiger partial charge is 0.454 e. The molecule has 3 rings (SSSR count). The van der Waals surface area contributed by atoms with Crippen molar-refractivity contribution >= 4 is 29.2 Å². The fraction of sp³-hybridized carbons (Fsp3) is 0.0667. The zero-order valence-corrected chi connectivity index (χ0v) is 12.5. The predicted molar refractivity (Wildman–Crippen MR) is 83.6 cm³/mol. The molecule has 0 radical (unpaired) electrons. The monoisotopic (exact) mass is 333 g/mol. The normalized spacial score (nSPS) is 11.7. The van der Waals surface area contributed by atoms with Gasteiger partial charge in [-0.25, -0.2) is 10.2 Å². The van der Waals surface area contributed by atoms with Crippen molar-refractivity contribution in [3.63, 3.8) is 0 Å². The molecule has 0 bridgehead atoms. The molecule has 23 heavy (non-hydrogen) atoms. The van der Waals surface area contributed by atoms with E-state index in [2.05, 4.69) is 16.2 Å². The molecule has 2 aromatic carbocycles. The van der Waals surface area contributed by atoms with Gasteiger partial charge in [0.05, 0.1) is 0 Å². The van der Waals surface area contributed by atoms with Crippen molar-refractivity contribution in [3.8, 4) is 11.5 Å². The van der Waals surface area contributed by atoms with Gasteiger partial charge in [-0.2, -0.15) is 0 Å². The number of amides is 3. The van der Waals surface area contributed by atoms with E-state index in [1.807, 2.05) is 0 Å². The standard InChI is InChI=1S/C15H12ClN3O4/c16-10-2-4-11(5-3-10)17-15(21)19-18-14(20)9-1-6-12-13(7-9)23-8-22-12/h1-7H,8H2,(H,18,20)(H2,17,19,21). The first-order valence-corrected chi connectivity index (χ1v) is 7.02. The van der Waals surface area contributed by atoms with E-state index in [1.54, 1.807) is 36.4 Å². The Morgan fingerprint density at radius 1 is 0.957 bits per heavy atom. The molecular weight excluding hydrogens is 322 g/mol. The molecule has 0 unspecified atom stereocenters. The highest BCUT2D eigenvalue weighted by molar-refractivity contribution is 6.30. The Morgan fingerprint density at radius 2 is 1.70 bits per heavy atom. The minimum atomic E-state index is -0.582. The molecule has 2 aromatic rings. The maximum absolute atomic E-state index is 12.0. The lowest BCUT2D eigenvalue weighted by molar-refractivity contribution is 0.0937. The number of nitrogens with one attached hydrogen (secondary N) is 3. The van der Waals surface area contributed by atoms with Gasteiger partial charge in [0.1, 0.15) is 0 Å². The van der Waals surface area contributed by atoms with E-state index >= 15 is 0 Å². The van der Waals surface area contributed by atoms with Crippen LogP contribution in [0.1, 0.15) is 10.4 Å². The summed E-state index contributed by atoms with van der Waals surface area (Å²) in [5.74, 6) is 0.591. The molecule has 8 heteroatoms. The second-order valence-corrected chi connectivity index (χ2v) is 5.04. The summed E-state index contributed by atoms with van der Waals surface area (Å²) in [6.45, 7) is 0.127. The molecule has 1 heterocycles. The van der Waals surface area contributed by atoms with Gasteiger partial charge in [0, 0.05) is 16.3 Å². The van der Waals surface area contributed by atoms with Crippen LogP contribution in [0.25, 0.3) is 0 Å². The maximum atomic E-state index is 12.0. The summed E-state index contributed by atoms with van der Waals surface area (Å²) in [5.41, 5.74) is 5.44. The summed E-state index contributed by atoms with van der Waals surface area (Å²) in [6, 6.07) is 10.7. The molecule has 0 aliphatic carbocycles. The number of ether oxygens (including phenoxy) is 2. The van der Waals surface area contributed by atoms with Gasteiger partial charge < -0.3 is 14.8 Å². The lowest BCUT2D eigenvalue weighted by Gasteiger charge is -2.09. The SMILES string of the molecule is O=C(NNC(=O)c1ccc2c(c1)OCO2)Nc1ccc(Cl)cc1. The predicted octanol–water partition coefficient (Wildman–Crippen LogP) is 2.54. The molecule has 0 spiro atoms. The van der Waals surface area contributed by atoms with E-state index in [9.17, 15) is 9.59 Å². The Kier molecular flexibility index (Phi) is 4.20. The summed E-state index contributed by atoms with van der Waals surface area (Å²) in [5, 5.41) is 3.11. The topological polar surface area (TPSA) is 88.7 Å². The van der Waals surface area contributed by atoms with Crippen LogP contribution in [0.2, 0.25) is 5.02 Å². The second kappa shape index (κ2) is 6.45. The lowest BCUT2D eigenvalue weighted by Crippen LogP contribution is -2.43. The second-order valence-electron chi connectivity index (χ2n) is 4.61. The van der Waals surface area contributed by atoms with Crippen LogP contribution in [0, 0.1) is 0 Å². The Hall–Kier alpha value is -2.93. The number of halogens is 1. The molecule has 1 aliphatic rings. The molecule has 3 amide bonds. The number of hydrazine groups is 1. The number of carbonyl (C=O) groups excluding carboxylic acids is 2. The van der Waals surface area contributed by atoms with Gasteiger partial charge in [0.15, 0.2) is 11.5 Å². The van der Waals surface area contributed by atoms with Crippen LogP contribution in [-0.2, 0) is 0 Å². The summed E-state index contributed by atoms with van der Waals surface area (Å²) >= 11 is 5.75. The first kappa shape index (κ1) is 15.0. The third-order valence-corrected chi connectivity index (χ3v) is 3.28. The molecule has 0 saturated carbocycles. The van der Waals surface area contributed by atoms with Crippen molar-refractivity contribution < 1.29 is 19.1 Å². The van der Waals surface area contributed by atoms with E-state index in [0.29, 0.717) is 27.8 Å². The fourth-order valence-corrected chi connectivity index (χ4v) is 2.05. The van der Waals surface area contributed by atoms with Crippen LogP contribution >= 0.6 is 11.6 Å². The highest BCUT2D eigenvalue weighted by Gasteiger charge is 2.16. The number of fused-ring (bicyclic) bond motifs is 1. The van der Waals surface area contributed by atoms with Gasteiger partial charge in [-0.3, -0.25) is 10.2 Å². The molecule has 0 fully saturated rings. The van der Waals surface area contributed by atoms with Crippen molar-refractivity contribution in [3.05, 3.63) is 53.1 Å². The van der Waals surface area contributed by atoms with Gasteiger partial charge in [-0.05, 0) is 42.5 Å². The van der Waals surface area contributed by atoms with E-state index in [0.717, 1.165) is 0 Å². The van der Waals surface area contributed by atoms with Crippen LogP contribution in [-0.4, -0.2) is 18.7 Å². The van der Waals surface area contributed by atoms with Crippen LogP contribution in [0.15, 0.2) is 42.5 Å². The average Bonchev–Trinajstić information content (AvgIpc) is 3.02. The first-order chi connectivity index (χ1) is 11.1. The zero-order valence-electron chi connectivity index (χ0n) is 11.8. The Bertz CT molecular complexity index is 749. The molecule has 118 valence electrons. The first-order valence-electron chi connectivity index (χ1n) is 6.64. The highest BCUT2D eigenvalue weighted by atomic mass is 35.5. The third kappa shape index (κ3) is 3.64. The molecule has 3 N–H and O–H groups in total. The van der Waals surface area contributed by atoms with Crippen molar-refractivity contribution in [2.24, 2.45) is 0 Å². The van der Waals surface area contributed by atoms with Crippen molar-refractivity contribution in [1.82, 2.24) is 10.9 Å². The van der Waals surface area contributed by atoms with Gasteiger partial charge in [-0.1, -0.05) is 11.6 Å². The highest BCUT2D eigenvalue weighted by Crippen LogP contribution is 2.32. The number of hydrogen-bond acceptors (Lipinski definition) is 4. The zero-order chi connectivity index (χ0) is 16.2. The molecule has 1 aliphatic heterocycles. The summed E-state index contributed by atoms with van der Waals surface area (Å²) < 4.78 is 10.4. The van der Waals surface area contributed by atoms with Crippen molar-refractivity contribution in [2.45, 2.75) is 0 Å². The third-order valence-electron chi connectivity index (χ3n) is 3.03. The van der Waals surface area contributed by atoms with Gasteiger partial charge in [0.25, 0.3) is 5.91 Å². The lowest BCUT2D eigenvalue weighted by atomic mass is 10.2. The summed E-state index contributed by atoms with van der Waals surface area (Å²) in [4.78, 5) is 23.7. The smallest absolute Gasteiger partial charge is 0.337 e. The Balaban J connectivity index is 1.54. The Labute approximate surface area is 136 Å². The van der Waals surface area contributed by atoms with Crippen LogP contribution < -0.4 is 25.6 Å². The number of urea groups is 1. The molecule has 0 atom stereocenters. The summed E-state index contributed by atoms with van der Waals surface area (Å²) in [6.07, 6.45) is 0. The average molecular weight is 334 g/mol. The summed E-state index contributed by atoms with van der Waals surface area (Å²) in [7, 11) is 0. The molecular formula is C15H12ClN3O4. The molecule has 7 nitrogen and oxygen atoms in total. The van der Waals surface area contributed by atoms with E-state index in [1.165, 1.54) is 6.07 Å². The number of anilines is 1. The van der Waals surface area contributed by atoms with E-state index < -0.39 is 11.9 Å². The van der Waals surface area contributed by atoms with Crippen LogP contribution in [0.3, 0.4) is 0 Å². The number of benzene rings is 2. The minimum absolute atomic E-state index is 0.127. The maximum Gasteiger partial charge on any atom is 0.337 e. The van der Waals surface area contributed by atoms with E-state index in [-0.39, 0.29) is 6.79 Å². The van der Waals surface area contributed by atoms with Crippen LogP contribution in [0.5, 0.6) is 11.5 Å². The Morgan fingerprint density at radius 3 is 2.48 bits per heavy atom. The number of carbonyl (C=O) groups is 2. The van der Waals surface area contributed by atoms with Crippen LogP contribution in [0.4, 0.5) is 10.5 Å². The van der Waals surface area contributed by atoms with Crippen molar-refractivity contribution in [2.75, 3.05) is 12.1 Å². The van der Waals surface area contributed by atoms with Crippen molar-refractivity contribution in [1.29, 1.82) is 0 Å². The molecule has 0 saturated heterocycles. The minimum Gasteiger partial charge on any atom is -0.454 e. The van der Waals surface area contributed by atoms with Gasteiger partial charge in [-0.15, -0.1) is 0 Å². The number of hydrogen-bond donors (Lipinski definition) is 3. The number of rotatable bonds is 2. The van der Waals surface area contributed by atoms with E-state index in [4.69, 9.17) is 21.1 Å². The quantitative estimate of drug-likeness (QED) is 0.737. The fourth-order valence-electron chi connectivity index (χ4n) is 1.92. The van der Waals surface area contributed by atoms with Gasteiger partial charge >= 0.3 is 6.03 Å².